The molecule has 2 saturated heterocycles. The van der Waals surface area contributed by atoms with Gasteiger partial charge >= 0.3 is 0 Å². The summed E-state index contributed by atoms with van der Waals surface area (Å²) in [6.07, 6.45) is 3.23. The Labute approximate surface area is 142 Å². The summed E-state index contributed by atoms with van der Waals surface area (Å²) in [5.74, 6) is -0.102. The number of carbonyl (C=O) groups excluding carboxylic acids is 1. The average molecular weight is 336 g/mol. The van der Waals surface area contributed by atoms with E-state index in [4.69, 9.17) is 9.57 Å². The first-order chi connectivity index (χ1) is 11.7. The molecule has 132 valence electrons. The lowest BCUT2D eigenvalue weighted by atomic mass is 10.1. The Morgan fingerprint density at radius 1 is 1.25 bits per heavy atom. The van der Waals surface area contributed by atoms with E-state index in [1.54, 1.807) is 6.07 Å². The molecule has 1 aromatic rings. The smallest absolute Gasteiger partial charge is 0.224 e. The monoisotopic (exact) mass is 336 g/mol. The molecule has 2 aliphatic heterocycles. The Kier molecular flexibility index (Phi) is 6.18. The third-order valence-corrected chi connectivity index (χ3v) is 4.49. The number of amides is 1. The van der Waals surface area contributed by atoms with Crippen molar-refractivity contribution in [2.75, 3.05) is 39.4 Å². The second-order valence-corrected chi connectivity index (χ2v) is 6.39. The van der Waals surface area contributed by atoms with E-state index in [9.17, 15) is 9.18 Å². The molecule has 0 radical (unpaired) electrons. The molecule has 24 heavy (non-hydrogen) atoms. The first-order valence-electron chi connectivity index (χ1n) is 8.72. The van der Waals surface area contributed by atoms with E-state index in [1.807, 2.05) is 16.0 Å². The second kappa shape index (κ2) is 8.55. The van der Waals surface area contributed by atoms with Crippen molar-refractivity contribution >= 4 is 5.91 Å². The minimum Gasteiger partial charge on any atom is -0.374 e. The number of rotatable bonds is 5. The van der Waals surface area contributed by atoms with Crippen molar-refractivity contribution in [3.8, 4) is 0 Å². The average Bonchev–Trinajstić information content (AvgIpc) is 2.61. The van der Waals surface area contributed by atoms with E-state index in [0.29, 0.717) is 39.1 Å². The molecule has 1 aromatic carbocycles. The zero-order valence-electron chi connectivity index (χ0n) is 14.0. The van der Waals surface area contributed by atoms with Crippen LogP contribution in [-0.2, 0) is 20.8 Å². The summed E-state index contributed by atoms with van der Waals surface area (Å²) in [4.78, 5) is 19.8. The van der Waals surface area contributed by atoms with Crippen LogP contribution in [0.2, 0.25) is 0 Å². The molecule has 0 saturated carbocycles. The van der Waals surface area contributed by atoms with E-state index in [-0.39, 0.29) is 17.8 Å². The normalized spacial score (nSPS) is 22.5. The van der Waals surface area contributed by atoms with Crippen LogP contribution in [0.5, 0.6) is 0 Å². The predicted molar refractivity (Wildman–Crippen MR) is 87.8 cm³/mol. The second-order valence-electron chi connectivity index (χ2n) is 6.39. The van der Waals surface area contributed by atoms with Gasteiger partial charge < -0.3 is 9.64 Å². The van der Waals surface area contributed by atoms with Crippen LogP contribution in [0.1, 0.15) is 24.8 Å². The molecule has 2 heterocycles. The molecule has 0 aromatic heterocycles. The summed E-state index contributed by atoms with van der Waals surface area (Å²) in [5.41, 5.74) is 0.899. The Balaban J connectivity index is 1.46. The highest BCUT2D eigenvalue weighted by Crippen LogP contribution is 2.14. The van der Waals surface area contributed by atoms with E-state index in [0.717, 1.165) is 31.6 Å². The van der Waals surface area contributed by atoms with Gasteiger partial charge in [0.15, 0.2) is 0 Å². The Morgan fingerprint density at radius 2 is 2.17 bits per heavy atom. The summed E-state index contributed by atoms with van der Waals surface area (Å²) in [6, 6.07) is 6.55. The van der Waals surface area contributed by atoms with Gasteiger partial charge in [-0.1, -0.05) is 12.1 Å². The van der Waals surface area contributed by atoms with Crippen molar-refractivity contribution in [2.45, 2.75) is 31.8 Å². The van der Waals surface area contributed by atoms with E-state index < -0.39 is 0 Å². The molecular formula is C18H25FN2O3. The van der Waals surface area contributed by atoms with Gasteiger partial charge in [-0.3, -0.25) is 9.63 Å². The fourth-order valence-electron chi connectivity index (χ4n) is 3.20. The van der Waals surface area contributed by atoms with Crippen LogP contribution in [0.4, 0.5) is 4.39 Å². The van der Waals surface area contributed by atoms with Crippen LogP contribution in [-0.4, -0.2) is 61.4 Å². The molecule has 3 rings (SSSR count). The largest absolute Gasteiger partial charge is 0.374 e. The van der Waals surface area contributed by atoms with Crippen molar-refractivity contribution in [1.82, 2.24) is 9.96 Å². The van der Waals surface area contributed by atoms with Gasteiger partial charge in [0.2, 0.25) is 5.91 Å². The van der Waals surface area contributed by atoms with Crippen LogP contribution in [0.25, 0.3) is 0 Å². The summed E-state index contributed by atoms with van der Waals surface area (Å²) in [7, 11) is 0. The first-order valence-corrected chi connectivity index (χ1v) is 8.72. The van der Waals surface area contributed by atoms with Gasteiger partial charge in [-0.05, 0) is 30.5 Å². The Morgan fingerprint density at radius 3 is 2.96 bits per heavy atom. The predicted octanol–water partition coefficient (Wildman–Crippen LogP) is 2.01. The molecule has 1 atom stereocenters. The number of nitrogens with zero attached hydrogens (tertiary/aromatic N) is 2. The highest BCUT2D eigenvalue weighted by molar-refractivity contribution is 5.76. The molecule has 0 aliphatic carbocycles. The fraction of sp³-hybridized carbons (Fsp3) is 0.611. The molecule has 0 bridgehead atoms. The maximum Gasteiger partial charge on any atom is 0.224 e. The lowest BCUT2D eigenvalue weighted by Gasteiger charge is -2.34. The van der Waals surface area contributed by atoms with Crippen LogP contribution < -0.4 is 0 Å². The van der Waals surface area contributed by atoms with Crippen molar-refractivity contribution in [3.05, 3.63) is 35.6 Å². The maximum absolute atomic E-state index is 13.3. The van der Waals surface area contributed by atoms with Crippen molar-refractivity contribution in [1.29, 1.82) is 0 Å². The number of hydroxylamine groups is 2. The van der Waals surface area contributed by atoms with Gasteiger partial charge in [0.25, 0.3) is 0 Å². The van der Waals surface area contributed by atoms with Crippen LogP contribution in [0, 0.1) is 5.82 Å². The number of halogens is 1. The van der Waals surface area contributed by atoms with E-state index in [2.05, 4.69) is 0 Å². The number of carbonyl (C=O) groups is 1. The van der Waals surface area contributed by atoms with Gasteiger partial charge in [-0.25, -0.2) is 4.39 Å². The standard InChI is InChI=1S/C18H25FN2O3/c19-16-5-3-4-15(12-16)13-17-14-20(9-11-23-17)18(22)6-8-21-7-1-2-10-24-21/h3-5,12,17H,1-2,6-11,13-14H2. The van der Waals surface area contributed by atoms with Gasteiger partial charge in [0.05, 0.1) is 19.3 Å². The highest BCUT2D eigenvalue weighted by Gasteiger charge is 2.25. The Bertz CT molecular complexity index is 549. The van der Waals surface area contributed by atoms with E-state index >= 15 is 0 Å². The molecule has 2 fully saturated rings. The number of ether oxygens (including phenoxy) is 1. The minimum absolute atomic E-state index is 0.0734. The van der Waals surface area contributed by atoms with Crippen molar-refractivity contribution < 1.29 is 18.8 Å². The third-order valence-electron chi connectivity index (χ3n) is 4.49. The lowest BCUT2D eigenvalue weighted by Crippen LogP contribution is -2.47. The molecule has 0 spiro atoms. The molecular weight excluding hydrogens is 311 g/mol. The molecule has 2 aliphatic rings. The molecule has 1 unspecified atom stereocenters. The summed E-state index contributed by atoms with van der Waals surface area (Å²) in [6.45, 7) is 4.02. The third kappa shape index (κ3) is 5.00. The van der Waals surface area contributed by atoms with Crippen molar-refractivity contribution in [3.63, 3.8) is 0 Å². The topological polar surface area (TPSA) is 42.0 Å². The molecule has 5 nitrogen and oxygen atoms in total. The van der Waals surface area contributed by atoms with Gasteiger partial charge in [0, 0.05) is 39.0 Å². The SMILES string of the molecule is O=C(CCN1CCCCO1)N1CCOC(Cc2cccc(F)c2)C1. The number of hydrogen-bond donors (Lipinski definition) is 0. The van der Waals surface area contributed by atoms with Crippen molar-refractivity contribution in [2.24, 2.45) is 0 Å². The van der Waals surface area contributed by atoms with Crippen LogP contribution in [0.15, 0.2) is 24.3 Å². The van der Waals surface area contributed by atoms with Gasteiger partial charge in [0.1, 0.15) is 5.82 Å². The molecule has 6 heteroatoms. The first kappa shape index (κ1) is 17.3. The zero-order chi connectivity index (χ0) is 16.8. The molecule has 0 N–H and O–H groups in total. The quantitative estimate of drug-likeness (QED) is 0.825. The lowest BCUT2D eigenvalue weighted by molar-refractivity contribution is -0.183. The molecule has 1 amide bonds. The summed E-state index contributed by atoms with van der Waals surface area (Å²) < 4.78 is 19.0. The van der Waals surface area contributed by atoms with Crippen LogP contribution in [0.3, 0.4) is 0 Å². The summed E-state index contributed by atoms with van der Waals surface area (Å²) in [5, 5.41) is 1.89. The summed E-state index contributed by atoms with van der Waals surface area (Å²) >= 11 is 0. The minimum atomic E-state index is -0.238. The highest BCUT2D eigenvalue weighted by atomic mass is 19.1. The Hall–Kier alpha value is -1.50. The van der Waals surface area contributed by atoms with E-state index in [1.165, 1.54) is 12.1 Å². The number of hydrogen-bond acceptors (Lipinski definition) is 4. The number of morpholine rings is 1. The number of benzene rings is 1. The fourth-order valence-corrected chi connectivity index (χ4v) is 3.20. The zero-order valence-corrected chi connectivity index (χ0v) is 14.0. The maximum atomic E-state index is 13.3. The van der Waals surface area contributed by atoms with Crippen LogP contribution >= 0.6 is 0 Å². The van der Waals surface area contributed by atoms with Gasteiger partial charge in [-0.15, -0.1) is 0 Å². The van der Waals surface area contributed by atoms with Gasteiger partial charge in [-0.2, -0.15) is 5.06 Å².